The van der Waals surface area contributed by atoms with Gasteiger partial charge in [0.25, 0.3) is 0 Å². The summed E-state index contributed by atoms with van der Waals surface area (Å²) in [6, 6.07) is 3.30. The van der Waals surface area contributed by atoms with E-state index < -0.39 is 35.2 Å². The molecule has 0 heterocycles. The van der Waals surface area contributed by atoms with E-state index in [-0.39, 0.29) is 12.5 Å². The molecule has 0 bridgehead atoms. The smallest absolute Gasteiger partial charge is 0.312 e. The first-order valence-corrected chi connectivity index (χ1v) is 6.18. The Morgan fingerprint density at radius 2 is 1.84 bits per heavy atom. The molecule has 1 rings (SSSR count). The van der Waals surface area contributed by atoms with Crippen LogP contribution in [-0.2, 0) is 9.53 Å². The van der Waals surface area contributed by atoms with Crippen LogP contribution in [0.4, 0.5) is 8.78 Å². The van der Waals surface area contributed by atoms with Gasteiger partial charge in [-0.15, -0.1) is 0 Å². The fourth-order valence-electron chi connectivity index (χ4n) is 1.98. The van der Waals surface area contributed by atoms with Gasteiger partial charge in [0.1, 0.15) is 11.6 Å². The van der Waals surface area contributed by atoms with Crippen LogP contribution in [0.1, 0.15) is 32.4 Å². The number of halogens is 2. The average Bonchev–Trinajstić information content (AvgIpc) is 2.28. The zero-order valence-corrected chi connectivity index (χ0v) is 11.2. The van der Waals surface area contributed by atoms with Gasteiger partial charge in [0.05, 0.1) is 24.2 Å². The molecule has 1 N–H and O–H groups in total. The number of rotatable bonds is 5. The molecule has 3 nitrogen and oxygen atoms in total. The zero-order valence-electron chi connectivity index (χ0n) is 11.2. The maximum Gasteiger partial charge on any atom is 0.312 e. The third-order valence-corrected chi connectivity index (χ3v) is 2.91. The first-order chi connectivity index (χ1) is 8.90. The van der Waals surface area contributed by atoms with Gasteiger partial charge in [0.15, 0.2) is 0 Å². The van der Waals surface area contributed by atoms with Crippen molar-refractivity contribution in [2.24, 2.45) is 11.8 Å². The van der Waals surface area contributed by atoms with Crippen LogP contribution < -0.4 is 0 Å². The molecule has 1 aromatic rings. The summed E-state index contributed by atoms with van der Waals surface area (Å²) in [7, 11) is 0. The first kappa shape index (κ1) is 15.6. The normalized spacial score (nSPS) is 14.3. The second-order valence-electron chi connectivity index (χ2n) is 4.60. The largest absolute Gasteiger partial charge is 0.466 e. The van der Waals surface area contributed by atoms with Crippen molar-refractivity contribution in [2.45, 2.75) is 26.9 Å². The Labute approximate surface area is 111 Å². The maximum atomic E-state index is 13.6. The van der Waals surface area contributed by atoms with Crippen LogP contribution in [0.5, 0.6) is 0 Å². The number of aliphatic hydroxyl groups excluding tert-OH is 1. The summed E-state index contributed by atoms with van der Waals surface area (Å²) in [5.41, 5.74) is -0.491. The minimum Gasteiger partial charge on any atom is -0.466 e. The lowest BCUT2D eigenvalue weighted by molar-refractivity contribution is -0.154. The summed E-state index contributed by atoms with van der Waals surface area (Å²) in [5, 5.41) is 10.1. The molecule has 0 radical (unpaired) electrons. The highest BCUT2D eigenvalue weighted by atomic mass is 19.1. The molecule has 0 aliphatic rings. The molecule has 0 aliphatic carbocycles. The lowest BCUT2D eigenvalue weighted by atomic mass is 9.86. The van der Waals surface area contributed by atoms with Gasteiger partial charge in [-0.1, -0.05) is 19.9 Å². The standard InChI is InChI=1S/C14H18F2O3/c1-4-19-14(18)11(8(2)3)13(17)12-9(15)6-5-7-10(12)16/h5-8,11,13,17H,4H2,1-3H3. The van der Waals surface area contributed by atoms with Crippen molar-refractivity contribution in [3.05, 3.63) is 35.4 Å². The van der Waals surface area contributed by atoms with E-state index in [1.807, 2.05) is 0 Å². The topological polar surface area (TPSA) is 46.5 Å². The van der Waals surface area contributed by atoms with Gasteiger partial charge in [0, 0.05) is 0 Å². The quantitative estimate of drug-likeness (QED) is 0.838. The van der Waals surface area contributed by atoms with Crippen molar-refractivity contribution in [1.29, 1.82) is 0 Å². The van der Waals surface area contributed by atoms with Gasteiger partial charge in [-0.05, 0) is 25.0 Å². The predicted octanol–water partition coefficient (Wildman–Crippen LogP) is 2.83. The monoisotopic (exact) mass is 272 g/mol. The van der Waals surface area contributed by atoms with E-state index >= 15 is 0 Å². The number of aliphatic hydroxyl groups is 1. The number of ether oxygens (including phenoxy) is 1. The maximum absolute atomic E-state index is 13.6. The Morgan fingerprint density at radius 3 is 2.26 bits per heavy atom. The summed E-state index contributed by atoms with van der Waals surface area (Å²) in [6.07, 6.45) is -1.57. The van der Waals surface area contributed by atoms with Gasteiger partial charge in [0.2, 0.25) is 0 Å². The van der Waals surface area contributed by atoms with Gasteiger partial charge in [-0.2, -0.15) is 0 Å². The SMILES string of the molecule is CCOC(=O)C(C(C)C)C(O)c1c(F)cccc1F. The van der Waals surface area contributed by atoms with Gasteiger partial charge < -0.3 is 9.84 Å². The lowest BCUT2D eigenvalue weighted by Gasteiger charge is -2.25. The Kier molecular flexibility index (Phi) is 5.42. The predicted molar refractivity (Wildman–Crippen MR) is 66.3 cm³/mol. The van der Waals surface area contributed by atoms with E-state index in [4.69, 9.17) is 4.74 Å². The summed E-state index contributed by atoms with van der Waals surface area (Å²) >= 11 is 0. The molecule has 2 unspecified atom stereocenters. The number of esters is 1. The molecular formula is C14H18F2O3. The molecule has 1 aromatic carbocycles. The lowest BCUT2D eigenvalue weighted by Crippen LogP contribution is -2.30. The molecule has 19 heavy (non-hydrogen) atoms. The first-order valence-electron chi connectivity index (χ1n) is 6.18. The van der Waals surface area contributed by atoms with Crippen LogP contribution in [-0.4, -0.2) is 17.7 Å². The third-order valence-electron chi connectivity index (χ3n) is 2.91. The summed E-state index contributed by atoms with van der Waals surface area (Å²) in [6.45, 7) is 5.15. The Balaban J connectivity index is 3.13. The van der Waals surface area contributed by atoms with Gasteiger partial charge in [-0.25, -0.2) is 8.78 Å². The zero-order chi connectivity index (χ0) is 14.6. The number of hydrogen-bond donors (Lipinski definition) is 1. The molecule has 0 saturated carbocycles. The Bertz CT molecular complexity index is 426. The van der Waals surface area contributed by atoms with Crippen molar-refractivity contribution < 1.29 is 23.4 Å². The molecule has 2 atom stereocenters. The van der Waals surface area contributed by atoms with Crippen LogP contribution in [0.2, 0.25) is 0 Å². The second-order valence-corrected chi connectivity index (χ2v) is 4.60. The molecule has 0 saturated heterocycles. The van der Waals surface area contributed by atoms with Crippen LogP contribution in [0, 0.1) is 23.5 Å². The second kappa shape index (κ2) is 6.61. The van der Waals surface area contributed by atoms with Crippen LogP contribution in [0.15, 0.2) is 18.2 Å². The van der Waals surface area contributed by atoms with Crippen LogP contribution in [0.25, 0.3) is 0 Å². The number of hydrogen-bond acceptors (Lipinski definition) is 3. The molecule has 106 valence electrons. The highest BCUT2D eigenvalue weighted by molar-refractivity contribution is 5.73. The van der Waals surface area contributed by atoms with E-state index in [2.05, 4.69) is 0 Å². The van der Waals surface area contributed by atoms with Crippen molar-refractivity contribution in [1.82, 2.24) is 0 Å². The van der Waals surface area contributed by atoms with Crippen LogP contribution >= 0.6 is 0 Å². The van der Waals surface area contributed by atoms with Crippen molar-refractivity contribution >= 4 is 5.97 Å². The Hall–Kier alpha value is -1.49. The summed E-state index contributed by atoms with van der Waals surface area (Å²) in [4.78, 5) is 11.8. The van der Waals surface area contributed by atoms with Crippen molar-refractivity contribution in [3.8, 4) is 0 Å². The highest BCUT2D eigenvalue weighted by Gasteiger charge is 2.35. The number of carbonyl (C=O) groups excluding carboxylic acids is 1. The molecule has 0 fully saturated rings. The minimum atomic E-state index is -1.57. The number of carbonyl (C=O) groups is 1. The fourth-order valence-corrected chi connectivity index (χ4v) is 1.98. The van der Waals surface area contributed by atoms with Crippen molar-refractivity contribution in [2.75, 3.05) is 6.61 Å². The van der Waals surface area contributed by atoms with E-state index in [1.165, 1.54) is 6.07 Å². The highest BCUT2D eigenvalue weighted by Crippen LogP contribution is 2.32. The van der Waals surface area contributed by atoms with E-state index in [1.54, 1.807) is 20.8 Å². The van der Waals surface area contributed by atoms with E-state index in [0.29, 0.717) is 0 Å². The Morgan fingerprint density at radius 1 is 1.32 bits per heavy atom. The molecule has 0 amide bonds. The summed E-state index contributed by atoms with van der Waals surface area (Å²) in [5.74, 6) is -3.73. The van der Waals surface area contributed by atoms with Crippen LogP contribution in [0.3, 0.4) is 0 Å². The van der Waals surface area contributed by atoms with Crippen molar-refractivity contribution in [3.63, 3.8) is 0 Å². The fraction of sp³-hybridized carbons (Fsp3) is 0.500. The minimum absolute atomic E-state index is 0.147. The third kappa shape index (κ3) is 3.50. The van der Waals surface area contributed by atoms with Gasteiger partial charge >= 0.3 is 5.97 Å². The molecule has 0 spiro atoms. The van der Waals surface area contributed by atoms with E-state index in [0.717, 1.165) is 12.1 Å². The summed E-state index contributed by atoms with van der Waals surface area (Å²) < 4.78 is 32.1. The number of benzene rings is 1. The van der Waals surface area contributed by atoms with Gasteiger partial charge in [-0.3, -0.25) is 4.79 Å². The van der Waals surface area contributed by atoms with E-state index in [9.17, 15) is 18.7 Å². The average molecular weight is 272 g/mol. The molecule has 0 aliphatic heterocycles. The molecule has 5 heteroatoms. The molecular weight excluding hydrogens is 254 g/mol. The molecule has 0 aromatic heterocycles.